The Bertz CT molecular complexity index is 1780. The maximum Gasteiger partial charge on any atom is 0.191 e. The molecule has 208 valence electrons. The van der Waals surface area contributed by atoms with Gasteiger partial charge in [0.1, 0.15) is 0 Å². The zero-order chi connectivity index (χ0) is 28.6. The molecular formula is C36H32N4OS. The Morgan fingerprint density at radius 1 is 0.762 bits per heavy atom. The van der Waals surface area contributed by atoms with Crippen LogP contribution in [0.15, 0.2) is 120 Å². The summed E-state index contributed by atoms with van der Waals surface area (Å²) in [6.07, 6.45) is 5.15. The molecule has 0 saturated carbocycles. The van der Waals surface area contributed by atoms with Gasteiger partial charge in [-0.05, 0) is 35.2 Å². The molecule has 0 aliphatic carbocycles. The van der Waals surface area contributed by atoms with E-state index < -0.39 is 0 Å². The average molecular weight is 569 g/mol. The minimum atomic E-state index is 0.673. The van der Waals surface area contributed by atoms with Crippen LogP contribution in [-0.2, 0) is 17.0 Å². The normalized spacial score (nSPS) is 11.5. The fourth-order valence-electron chi connectivity index (χ4n) is 4.91. The number of pyridine rings is 1. The first-order chi connectivity index (χ1) is 20.8. The smallest absolute Gasteiger partial charge is 0.191 e. The molecule has 0 amide bonds. The van der Waals surface area contributed by atoms with Crippen molar-refractivity contribution in [2.24, 2.45) is 0 Å². The lowest BCUT2D eigenvalue weighted by molar-refractivity contribution is 0.189. The molecule has 0 aliphatic rings. The molecule has 0 saturated heterocycles. The Labute approximate surface area is 250 Å². The fraction of sp³-hybridized carbons (Fsp3) is 0.139. The number of nitrogens with zero attached hydrogens (tertiary/aromatic N) is 4. The molecule has 0 spiro atoms. The molecule has 5 nitrogen and oxygen atoms in total. The van der Waals surface area contributed by atoms with Crippen molar-refractivity contribution in [3.63, 3.8) is 0 Å². The van der Waals surface area contributed by atoms with Gasteiger partial charge >= 0.3 is 0 Å². The maximum absolute atomic E-state index is 5.38. The molecule has 0 aliphatic heterocycles. The van der Waals surface area contributed by atoms with Gasteiger partial charge in [0.25, 0.3) is 0 Å². The van der Waals surface area contributed by atoms with Crippen molar-refractivity contribution in [1.82, 2.24) is 19.7 Å². The number of fused-ring (bicyclic) bond motifs is 1. The number of ether oxygens (including phenoxy) is 1. The lowest BCUT2D eigenvalue weighted by Crippen LogP contribution is -2.06. The molecular weight excluding hydrogens is 536 g/mol. The monoisotopic (exact) mass is 568 g/mol. The largest absolute Gasteiger partial charge is 0.385 e. The molecule has 0 atom stereocenters. The second-order valence-corrected chi connectivity index (χ2v) is 11.0. The molecule has 2 heterocycles. The number of hydrogen-bond donors (Lipinski definition) is 0. The lowest BCUT2D eigenvalue weighted by atomic mass is 10.0. The van der Waals surface area contributed by atoms with Crippen molar-refractivity contribution >= 4 is 34.8 Å². The van der Waals surface area contributed by atoms with Gasteiger partial charge in [-0.2, -0.15) is 0 Å². The standard InChI is InChI=1S/C36H32N4OS/c1-41-24-10-23-40-35(32-25-34(30-13-6-3-7-14-30)37-33-16-9-8-15-31(32)33)38-39-36(40)42-26-29-21-19-28(20-22-29)18-17-27-11-4-2-5-12-27/h2-9,11-22,25H,10,23-24,26H2,1H3/b18-17+. The summed E-state index contributed by atoms with van der Waals surface area (Å²) in [4.78, 5) is 4.97. The van der Waals surface area contributed by atoms with Crippen molar-refractivity contribution in [2.75, 3.05) is 13.7 Å². The van der Waals surface area contributed by atoms with E-state index in [0.29, 0.717) is 6.61 Å². The van der Waals surface area contributed by atoms with E-state index in [9.17, 15) is 0 Å². The SMILES string of the molecule is COCCCn1c(SCc2ccc(/C=C/c3ccccc3)cc2)nnc1-c1cc(-c2ccccc2)nc2ccccc12. The number of hydrogen-bond acceptors (Lipinski definition) is 5. The van der Waals surface area contributed by atoms with E-state index >= 15 is 0 Å². The minimum absolute atomic E-state index is 0.673. The second kappa shape index (κ2) is 13.4. The van der Waals surface area contributed by atoms with Crippen molar-refractivity contribution in [1.29, 1.82) is 0 Å². The Hall–Kier alpha value is -4.52. The Balaban J connectivity index is 1.28. The first-order valence-corrected chi connectivity index (χ1v) is 15.1. The van der Waals surface area contributed by atoms with E-state index in [0.717, 1.165) is 57.4 Å². The van der Waals surface area contributed by atoms with Crippen LogP contribution in [0.3, 0.4) is 0 Å². The maximum atomic E-state index is 5.38. The summed E-state index contributed by atoms with van der Waals surface area (Å²) in [5.41, 5.74) is 7.58. The molecule has 6 aromatic rings. The van der Waals surface area contributed by atoms with Gasteiger partial charge in [0, 0.05) is 42.5 Å². The Morgan fingerprint density at radius 3 is 2.21 bits per heavy atom. The van der Waals surface area contributed by atoms with Gasteiger partial charge in [-0.25, -0.2) is 4.98 Å². The Morgan fingerprint density at radius 2 is 1.45 bits per heavy atom. The van der Waals surface area contributed by atoms with Gasteiger partial charge in [0.15, 0.2) is 11.0 Å². The van der Waals surface area contributed by atoms with Crippen LogP contribution in [0.4, 0.5) is 0 Å². The topological polar surface area (TPSA) is 52.8 Å². The number of aromatic nitrogens is 4. The predicted molar refractivity (Wildman–Crippen MR) is 174 cm³/mol. The molecule has 0 radical (unpaired) electrons. The molecule has 0 bridgehead atoms. The summed E-state index contributed by atoms with van der Waals surface area (Å²) >= 11 is 1.71. The molecule has 42 heavy (non-hydrogen) atoms. The average Bonchev–Trinajstić information content (AvgIpc) is 3.46. The number of thioether (sulfide) groups is 1. The van der Waals surface area contributed by atoms with E-state index in [4.69, 9.17) is 14.8 Å². The summed E-state index contributed by atoms with van der Waals surface area (Å²) < 4.78 is 7.62. The van der Waals surface area contributed by atoms with Crippen LogP contribution in [0.25, 0.3) is 45.7 Å². The summed E-state index contributed by atoms with van der Waals surface area (Å²) in [6, 6.07) is 39.7. The first-order valence-electron chi connectivity index (χ1n) is 14.1. The van der Waals surface area contributed by atoms with Crippen molar-refractivity contribution in [3.8, 4) is 22.6 Å². The number of rotatable bonds is 11. The van der Waals surface area contributed by atoms with Crippen LogP contribution in [-0.4, -0.2) is 33.5 Å². The molecule has 6 heteroatoms. The summed E-state index contributed by atoms with van der Waals surface area (Å²) in [5, 5.41) is 11.4. The van der Waals surface area contributed by atoms with Gasteiger partial charge < -0.3 is 9.30 Å². The number of methoxy groups -OCH3 is 1. The number of para-hydroxylation sites is 1. The molecule has 6 rings (SSSR count). The van der Waals surface area contributed by atoms with Gasteiger partial charge in [-0.15, -0.1) is 10.2 Å². The highest BCUT2D eigenvalue weighted by atomic mass is 32.2. The second-order valence-electron chi connectivity index (χ2n) is 10.0. The molecule has 0 unspecified atom stereocenters. The van der Waals surface area contributed by atoms with E-state index in [2.05, 4.69) is 107 Å². The van der Waals surface area contributed by atoms with Crippen molar-refractivity contribution < 1.29 is 4.74 Å². The van der Waals surface area contributed by atoms with Crippen molar-refractivity contribution in [2.45, 2.75) is 23.9 Å². The van der Waals surface area contributed by atoms with Gasteiger partial charge in [0.2, 0.25) is 0 Å². The van der Waals surface area contributed by atoms with Crippen LogP contribution < -0.4 is 0 Å². The zero-order valence-corrected chi connectivity index (χ0v) is 24.4. The zero-order valence-electron chi connectivity index (χ0n) is 23.6. The summed E-state index contributed by atoms with van der Waals surface area (Å²) in [6.45, 7) is 1.44. The van der Waals surface area contributed by atoms with E-state index in [1.807, 2.05) is 30.3 Å². The van der Waals surface area contributed by atoms with Crippen LogP contribution in [0, 0.1) is 0 Å². The van der Waals surface area contributed by atoms with Gasteiger partial charge in [-0.3, -0.25) is 0 Å². The lowest BCUT2D eigenvalue weighted by Gasteiger charge is -2.13. The van der Waals surface area contributed by atoms with Crippen LogP contribution >= 0.6 is 11.8 Å². The highest BCUT2D eigenvalue weighted by molar-refractivity contribution is 7.98. The summed E-state index contributed by atoms with van der Waals surface area (Å²) in [7, 11) is 1.74. The van der Waals surface area contributed by atoms with Crippen LogP contribution in [0.5, 0.6) is 0 Å². The molecule has 0 fully saturated rings. The highest BCUT2D eigenvalue weighted by Gasteiger charge is 2.18. The van der Waals surface area contributed by atoms with E-state index in [1.165, 1.54) is 16.7 Å². The van der Waals surface area contributed by atoms with Crippen LogP contribution in [0.1, 0.15) is 23.1 Å². The highest BCUT2D eigenvalue weighted by Crippen LogP contribution is 2.34. The van der Waals surface area contributed by atoms with Gasteiger partial charge in [0.05, 0.1) is 11.2 Å². The molecule has 0 N–H and O–H groups in total. The van der Waals surface area contributed by atoms with E-state index in [1.54, 1.807) is 18.9 Å². The summed E-state index contributed by atoms with van der Waals surface area (Å²) in [5.74, 6) is 1.66. The van der Waals surface area contributed by atoms with Gasteiger partial charge in [-0.1, -0.05) is 127 Å². The minimum Gasteiger partial charge on any atom is -0.385 e. The third kappa shape index (κ3) is 6.51. The van der Waals surface area contributed by atoms with E-state index in [-0.39, 0.29) is 0 Å². The Kier molecular flexibility index (Phi) is 8.84. The quantitative estimate of drug-likeness (QED) is 0.0889. The van der Waals surface area contributed by atoms with Crippen LogP contribution in [0.2, 0.25) is 0 Å². The fourth-order valence-corrected chi connectivity index (χ4v) is 5.83. The number of benzene rings is 4. The third-order valence-corrected chi connectivity index (χ3v) is 8.13. The predicted octanol–water partition coefficient (Wildman–Crippen LogP) is 8.66. The first kappa shape index (κ1) is 27.6. The third-order valence-electron chi connectivity index (χ3n) is 7.09. The van der Waals surface area contributed by atoms with Crippen molar-refractivity contribution in [3.05, 3.63) is 132 Å². The molecule has 4 aromatic carbocycles. The molecule has 2 aromatic heterocycles.